The summed E-state index contributed by atoms with van der Waals surface area (Å²) in [6.07, 6.45) is 0.512. The molecule has 0 fully saturated rings. The average Bonchev–Trinajstić information content (AvgIpc) is 2.86. The van der Waals surface area contributed by atoms with Crippen LogP contribution >= 0.6 is 0 Å². The van der Waals surface area contributed by atoms with Crippen molar-refractivity contribution >= 4 is 27.9 Å². The molecule has 0 bridgehead atoms. The van der Waals surface area contributed by atoms with E-state index in [9.17, 15) is 9.42 Å². The Kier molecular flexibility index (Phi) is 4.96. The summed E-state index contributed by atoms with van der Waals surface area (Å²) in [6.45, 7) is 0. The van der Waals surface area contributed by atoms with E-state index in [1.165, 1.54) is 0 Å². The van der Waals surface area contributed by atoms with E-state index in [2.05, 4.69) is 0 Å². The molecule has 0 saturated heterocycles. The van der Waals surface area contributed by atoms with Crippen molar-refractivity contribution in [2.24, 2.45) is 4.99 Å². The Bertz CT molecular complexity index is 1000. The molecule has 0 aliphatic carbocycles. The van der Waals surface area contributed by atoms with Gasteiger partial charge in [0.25, 0.3) is 0 Å². The van der Waals surface area contributed by atoms with Gasteiger partial charge >= 0.3 is 0 Å². The second-order valence-electron chi connectivity index (χ2n) is 6.31. The summed E-state index contributed by atoms with van der Waals surface area (Å²) in [5, 5.41) is 19.1. The molecule has 3 aromatic carbocycles. The third-order valence-corrected chi connectivity index (χ3v) is 6.35. The summed E-state index contributed by atoms with van der Waals surface area (Å²) in [5.74, 6) is 0. The number of hydrogen-bond donors (Lipinski definition) is 2. The van der Waals surface area contributed by atoms with Crippen LogP contribution in [0.1, 0.15) is 22.8 Å². The lowest BCUT2D eigenvalue weighted by Crippen LogP contribution is -2.99. The third kappa shape index (κ3) is 3.61. The van der Waals surface area contributed by atoms with E-state index in [1.54, 1.807) is 24.3 Å². The van der Waals surface area contributed by atoms with Gasteiger partial charge in [0.15, 0.2) is 5.69 Å². The number of hydrogen-bond acceptors (Lipinski definition) is 4. The zero-order valence-corrected chi connectivity index (χ0v) is 15.2. The Morgan fingerprint density at radius 1 is 0.963 bits per heavy atom. The molecule has 3 atom stereocenters. The molecule has 5 nitrogen and oxygen atoms in total. The number of nitrogens with zero attached hydrogens (tertiary/aromatic N) is 1. The maximum absolute atomic E-state index is 13.3. The topological polar surface area (TPSA) is 77.2 Å². The van der Waals surface area contributed by atoms with Crippen LogP contribution in [0.15, 0.2) is 88.8 Å². The lowest BCUT2D eigenvalue weighted by molar-refractivity contribution is -0.991. The van der Waals surface area contributed by atoms with Gasteiger partial charge in [0.1, 0.15) is 0 Å². The fraction of sp³-hybridized carbons (Fsp3) is 0.0952. The Balaban J connectivity index is 1.81. The van der Waals surface area contributed by atoms with Crippen LogP contribution in [0.5, 0.6) is 0 Å². The van der Waals surface area contributed by atoms with E-state index < -0.39 is 16.0 Å². The standard InChI is InChI=1S/C21H18N2O3S/c24-23(25)17-12-10-15(11-13-17)19-14-21(16-6-2-1-3-7-16)27(26)20-9-5-4-8-18(20)22-19/h1-13,21,23-24H,14H2. The lowest BCUT2D eigenvalue weighted by Gasteiger charge is -2.16. The molecule has 0 radical (unpaired) electrons. The number of aliphatic imine (C=N–C) groups is 1. The number of quaternary nitrogens is 1. The van der Waals surface area contributed by atoms with Crippen molar-refractivity contribution in [1.29, 1.82) is 0 Å². The number of benzene rings is 3. The molecule has 1 aliphatic heterocycles. The smallest absolute Gasteiger partial charge is 0.163 e. The highest BCUT2D eigenvalue weighted by atomic mass is 32.2. The molecule has 2 N–H and O–H groups in total. The van der Waals surface area contributed by atoms with Crippen LogP contribution in [0.4, 0.5) is 11.4 Å². The van der Waals surface area contributed by atoms with Crippen molar-refractivity contribution in [2.75, 3.05) is 0 Å². The van der Waals surface area contributed by atoms with E-state index in [0.29, 0.717) is 12.1 Å². The third-order valence-electron chi connectivity index (χ3n) is 4.61. The highest BCUT2D eigenvalue weighted by Gasteiger charge is 2.28. The summed E-state index contributed by atoms with van der Waals surface area (Å²) in [4.78, 5) is 5.51. The fourth-order valence-electron chi connectivity index (χ4n) is 3.21. The summed E-state index contributed by atoms with van der Waals surface area (Å²) in [6, 6.07) is 24.0. The molecule has 1 heterocycles. The minimum atomic E-state index is -1.24. The molecule has 27 heavy (non-hydrogen) atoms. The second-order valence-corrected chi connectivity index (χ2v) is 7.91. The van der Waals surface area contributed by atoms with Gasteiger partial charge in [-0.15, -0.1) is 0 Å². The van der Waals surface area contributed by atoms with Gasteiger partial charge in [-0.1, -0.05) is 42.5 Å². The minimum Gasteiger partial charge on any atom is -0.595 e. The predicted octanol–water partition coefficient (Wildman–Crippen LogP) is 3.46. The SMILES string of the molecule is O=S1c2ccccc2N=C(c2ccc([NH+]([O-])O)cc2)CC1c1ccccc1. The van der Waals surface area contributed by atoms with E-state index in [4.69, 9.17) is 10.2 Å². The second kappa shape index (κ2) is 7.54. The van der Waals surface area contributed by atoms with Crippen LogP contribution in [0.25, 0.3) is 0 Å². The van der Waals surface area contributed by atoms with Gasteiger partial charge in [-0.2, -0.15) is 5.23 Å². The normalized spacial score (nSPS) is 20.3. The Hall–Kier alpha value is -2.64. The fourth-order valence-corrected chi connectivity index (χ4v) is 4.76. The monoisotopic (exact) mass is 378 g/mol. The highest BCUT2D eigenvalue weighted by molar-refractivity contribution is 7.85. The average molecular weight is 378 g/mol. The Labute approximate surface area is 159 Å². The Morgan fingerprint density at radius 2 is 1.63 bits per heavy atom. The largest absolute Gasteiger partial charge is 0.595 e. The lowest BCUT2D eigenvalue weighted by atomic mass is 10.0. The van der Waals surface area contributed by atoms with Crippen molar-refractivity contribution in [3.63, 3.8) is 0 Å². The van der Waals surface area contributed by atoms with Crippen molar-refractivity contribution in [1.82, 2.24) is 0 Å². The molecule has 3 aromatic rings. The van der Waals surface area contributed by atoms with Crippen molar-refractivity contribution < 1.29 is 14.6 Å². The van der Waals surface area contributed by atoms with Gasteiger partial charge in [0.2, 0.25) is 0 Å². The van der Waals surface area contributed by atoms with E-state index in [1.807, 2.05) is 54.6 Å². The molecule has 1 aliphatic rings. The maximum atomic E-state index is 13.3. The first-order valence-electron chi connectivity index (χ1n) is 8.59. The zero-order chi connectivity index (χ0) is 18.8. The van der Waals surface area contributed by atoms with Gasteiger partial charge in [-0.3, -0.25) is 9.20 Å². The Morgan fingerprint density at radius 3 is 2.33 bits per heavy atom. The van der Waals surface area contributed by atoms with Crippen LogP contribution in [0.3, 0.4) is 0 Å². The molecule has 0 aromatic heterocycles. The van der Waals surface area contributed by atoms with Crippen LogP contribution in [0, 0.1) is 5.21 Å². The maximum Gasteiger partial charge on any atom is 0.163 e. The first-order valence-corrected chi connectivity index (χ1v) is 9.80. The molecule has 4 rings (SSSR count). The summed E-state index contributed by atoms with van der Waals surface area (Å²) in [5.41, 5.74) is 3.58. The van der Waals surface area contributed by atoms with E-state index in [0.717, 1.165) is 21.7 Å². The molecular formula is C21H18N2O3S. The molecule has 3 unspecified atom stereocenters. The molecule has 0 spiro atoms. The number of fused-ring (bicyclic) bond motifs is 1. The quantitative estimate of drug-likeness (QED) is 0.685. The summed E-state index contributed by atoms with van der Waals surface area (Å²) in [7, 11) is -1.24. The van der Waals surface area contributed by atoms with Gasteiger partial charge < -0.3 is 5.21 Å². The summed E-state index contributed by atoms with van der Waals surface area (Å²) >= 11 is 0. The first-order chi connectivity index (χ1) is 13.1. The zero-order valence-electron chi connectivity index (χ0n) is 14.4. The van der Waals surface area contributed by atoms with Gasteiger partial charge in [0, 0.05) is 24.3 Å². The van der Waals surface area contributed by atoms with Crippen molar-refractivity contribution in [3.05, 3.63) is 95.2 Å². The number of nitrogens with one attached hydrogen (secondary N) is 1. The van der Waals surface area contributed by atoms with Gasteiger partial charge in [0.05, 0.1) is 26.6 Å². The van der Waals surface area contributed by atoms with Gasteiger partial charge in [-0.25, -0.2) is 5.21 Å². The van der Waals surface area contributed by atoms with Crippen LogP contribution in [-0.4, -0.2) is 15.1 Å². The van der Waals surface area contributed by atoms with Crippen LogP contribution in [-0.2, 0) is 10.8 Å². The molecule has 136 valence electrons. The van der Waals surface area contributed by atoms with E-state index >= 15 is 0 Å². The first kappa shape index (κ1) is 17.8. The van der Waals surface area contributed by atoms with Crippen LogP contribution < -0.4 is 5.23 Å². The van der Waals surface area contributed by atoms with Crippen LogP contribution in [0.2, 0.25) is 0 Å². The van der Waals surface area contributed by atoms with E-state index in [-0.39, 0.29) is 10.9 Å². The van der Waals surface area contributed by atoms with Crippen molar-refractivity contribution in [2.45, 2.75) is 16.6 Å². The number of para-hydroxylation sites is 1. The summed E-state index contributed by atoms with van der Waals surface area (Å²) < 4.78 is 13.3. The van der Waals surface area contributed by atoms with Gasteiger partial charge in [-0.05, 0) is 35.4 Å². The van der Waals surface area contributed by atoms with Crippen molar-refractivity contribution in [3.8, 4) is 0 Å². The predicted molar refractivity (Wildman–Crippen MR) is 105 cm³/mol. The number of rotatable bonds is 3. The molecule has 6 heteroatoms. The molecular weight excluding hydrogens is 360 g/mol. The molecule has 0 amide bonds. The minimum absolute atomic E-state index is 0.215. The molecule has 0 saturated carbocycles. The highest BCUT2D eigenvalue weighted by Crippen LogP contribution is 2.38.